The van der Waals surface area contributed by atoms with Crippen molar-refractivity contribution < 1.29 is 27.4 Å². The molecule has 0 aromatic heterocycles. The molecule has 0 saturated heterocycles. The van der Waals surface area contributed by atoms with E-state index in [1.807, 2.05) is 0 Å². The largest absolute Gasteiger partial charge is 0.411 e. The van der Waals surface area contributed by atoms with Gasteiger partial charge in [-0.15, -0.1) is 0 Å². The molecular weight excluding hydrogens is 191 g/mol. The highest BCUT2D eigenvalue weighted by molar-refractivity contribution is 6.21. The molecule has 0 heterocycles. The van der Waals surface area contributed by atoms with Crippen LogP contribution in [0.1, 0.15) is 0 Å². The van der Waals surface area contributed by atoms with E-state index in [4.69, 9.17) is 0 Å². The van der Waals surface area contributed by atoms with Gasteiger partial charge in [-0.05, 0) is 11.6 Å². The maximum absolute atomic E-state index is 12.1. The van der Waals surface area contributed by atoms with Gasteiger partial charge in [0.15, 0.2) is 6.61 Å². The van der Waals surface area contributed by atoms with Gasteiger partial charge in [0.25, 0.3) is 0 Å². The third-order valence-electron chi connectivity index (χ3n) is 0.615. The summed E-state index contributed by atoms with van der Waals surface area (Å²) in [5.74, 6) is 0. The summed E-state index contributed by atoms with van der Waals surface area (Å²) < 4.78 is 49.3. The van der Waals surface area contributed by atoms with Gasteiger partial charge in [-0.25, -0.2) is 5.11 Å². The highest BCUT2D eigenvalue weighted by Crippen LogP contribution is 2.23. The molecule has 7 heteroatoms. The third-order valence-corrected chi connectivity index (χ3v) is 0.833. The third kappa shape index (κ3) is 6.33. The topological polar surface area (TPSA) is 29.1 Å². The lowest BCUT2D eigenvalue weighted by atomic mass is 10.6. The van der Waals surface area contributed by atoms with Crippen LogP contribution in [-0.2, 0) is 9.84 Å². The van der Waals surface area contributed by atoms with Crippen molar-refractivity contribution in [3.8, 4) is 0 Å². The van der Waals surface area contributed by atoms with Crippen LogP contribution in [-0.4, -0.2) is 24.7 Å². The molecule has 0 bridgehead atoms. The first kappa shape index (κ1) is 10.9. The lowest BCUT2D eigenvalue weighted by Gasteiger charge is -2.15. The Labute approximate surface area is 64.7 Å². The standard InChI is InChI=1S/C4H4ClF4O2/c5-3(6,1-10)11-2-4(7,8)9/h1-2H2. The molecule has 0 fully saturated rings. The van der Waals surface area contributed by atoms with Crippen molar-refractivity contribution in [2.24, 2.45) is 0 Å². The summed E-state index contributed by atoms with van der Waals surface area (Å²) in [6.07, 6.45) is -4.68. The van der Waals surface area contributed by atoms with Gasteiger partial charge in [0.1, 0.15) is 6.61 Å². The highest BCUT2D eigenvalue weighted by atomic mass is 35.5. The fraction of sp³-hybridized carbons (Fsp3) is 1.00. The van der Waals surface area contributed by atoms with Gasteiger partial charge in [-0.1, -0.05) is 0 Å². The van der Waals surface area contributed by atoms with Gasteiger partial charge in [0.05, 0.1) is 0 Å². The Kier molecular flexibility index (Phi) is 3.53. The summed E-state index contributed by atoms with van der Waals surface area (Å²) in [7, 11) is 0. The van der Waals surface area contributed by atoms with Crippen molar-refractivity contribution in [2.75, 3.05) is 13.2 Å². The summed E-state index contributed by atoms with van der Waals surface area (Å²) in [5, 5.41) is 6.41. The number of ether oxygens (including phenoxy) is 1. The van der Waals surface area contributed by atoms with Gasteiger partial charge >= 0.3 is 11.5 Å². The summed E-state index contributed by atoms with van der Waals surface area (Å²) in [6, 6.07) is 0. The van der Waals surface area contributed by atoms with Crippen molar-refractivity contribution in [3.63, 3.8) is 0 Å². The smallest absolute Gasteiger partial charge is 0.322 e. The van der Waals surface area contributed by atoms with E-state index in [1.165, 1.54) is 0 Å². The zero-order chi connectivity index (χ0) is 9.12. The zero-order valence-electron chi connectivity index (χ0n) is 5.12. The minimum Gasteiger partial charge on any atom is -0.322 e. The van der Waals surface area contributed by atoms with Gasteiger partial charge < -0.3 is 4.74 Å². The molecule has 0 aliphatic carbocycles. The Morgan fingerprint density at radius 3 is 2.00 bits per heavy atom. The van der Waals surface area contributed by atoms with Crippen molar-refractivity contribution in [1.29, 1.82) is 0 Å². The molecule has 0 aromatic rings. The van der Waals surface area contributed by atoms with E-state index in [9.17, 15) is 22.7 Å². The number of alkyl halides is 5. The van der Waals surface area contributed by atoms with Crippen molar-refractivity contribution >= 4 is 11.6 Å². The van der Waals surface area contributed by atoms with Gasteiger partial charge in [-0.2, -0.15) is 17.6 Å². The molecule has 2 nitrogen and oxygen atoms in total. The molecule has 0 aliphatic heterocycles. The van der Waals surface area contributed by atoms with Crippen molar-refractivity contribution in [2.45, 2.75) is 11.5 Å². The molecule has 0 aromatic carbocycles. The summed E-state index contributed by atoms with van der Waals surface area (Å²) in [5.41, 5.74) is 0. The van der Waals surface area contributed by atoms with E-state index in [0.717, 1.165) is 0 Å². The normalized spacial score (nSPS) is 18.0. The summed E-state index contributed by atoms with van der Waals surface area (Å²) >= 11 is 4.53. The van der Waals surface area contributed by atoms with Crippen molar-refractivity contribution in [1.82, 2.24) is 0 Å². The molecular formula is C4H4ClF4O2. The SMILES string of the molecule is [O]CC(F)(Cl)OCC(F)(F)F. The number of hydrogen-bond acceptors (Lipinski definition) is 1. The second-order valence-electron chi connectivity index (χ2n) is 1.69. The Hall–Kier alpha value is -0.0700. The minimum absolute atomic E-state index is 1.58. The predicted octanol–water partition coefficient (Wildman–Crippen LogP) is 1.86. The minimum atomic E-state index is -4.68. The van der Waals surface area contributed by atoms with Crippen LogP contribution in [0, 0.1) is 0 Å². The average Bonchev–Trinajstić information content (AvgIpc) is 1.83. The van der Waals surface area contributed by atoms with E-state index < -0.39 is 24.7 Å². The van der Waals surface area contributed by atoms with Crippen LogP contribution in [0.15, 0.2) is 0 Å². The first-order chi connectivity index (χ1) is 4.77. The Balaban J connectivity index is 3.70. The van der Waals surface area contributed by atoms with Gasteiger partial charge in [-0.3, -0.25) is 0 Å². The molecule has 0 amide bonds. The second kappa shape index (κ2) is 3.55. The van der Waals surface area contributed by atoms with Crippen LogP contribution in [0.4, 0.5) is 17.6 Å². The molecule has 1 atom stereocenters. The molecule has 0 rings (SSSR count). The van der Waals surface area contributed by atoms with E-state index >= 15 is 0 Å². The molecule has 0 saturated carbocycles. The van der Waals surface area contributed by atoms with Crippen LogP contribution < -0.4 is 0 Å². The fourth-order valence-corrected chi connectivity index (χ4v) is 0.284. The molecule has 1 unspecified atom stereocenters. The lowest BCUT2D eigenvalue weighted by Crippen LogP contribution is -2.29. The van der Waals surface area contributed by atoms with Crippen LogP contribution in [0.5, 0.6) is 0 Å². The molecule has 11 heavy (non-hydrogen) atoms. The van der Waals surface area contributed by atoms with Crippen molar-refractivity contribution in [3.05, 3.63) is 0 Å². The quantitative estimate of drug-likeness (QED) is 0.499. The van der Waals surface area contributed by atoms with E-state index in [0.29, 0.717) is 0 Å². The molecule has 0 N–H and O–H groups in total. The molecule has 0 spiro atoms. The first-order valence-electron chi connectivity index (χ1n) is 2.43. The second-order valence-corrected chi connectivity index (χ2v) is 2.25. The van der Waals surface area contributed by atoms with Crippen LogP contribution in [0.2, 0.25) is 0 Å². The highest BCUT2D eigenvalue weighted by Gasteiger charge is 2.35. The zero-order valence-corrected chi connectivity index (χ0v) is 5.88. The number of halogens is 5. The Morgan fingerprint density at radius 1 is 1.27 bits per heavy atom. The molecule has 67 valence electrons. The van der Waals surface area contributed by atoms with Gasteiger partial charge in [0.2, 0.25) is 0 Å². The number of rotatable bonds is 3. The molecule has 1 radical (unpaired) electrons. The summed E-state index contributed by atoms with van der Waals surface area (Å²) in [6.45, 7) is -3.44. The monoisotopic (exact) mass is 195 g/mol. The molecule has 0 aliphatic rings. The van der Waals surface area contributed by atoms with Crippen LogP contribution >= 0.6 is 11.6 Å². The van der Waals surface area contributed by atoms with Crippen LogP contribution in [0.25, 0.3) is 0 Å². The maximum atomic E-state index is 12.1. The fourth-order valence-electron chi connectivity index (χ4n) is 0.229. The summed E-state index contributed by atoms with van der Waals surface area (Å²) in [4.78, 5) is 0. The lowest BCUT2D eigenvalue weighted by molar-refractivity contribution is -0.222. The first-order valence-corrected chi connectivity index (χ1v) is 2.81. The Morgan fingerprint density at radius 2 is 1.73 bits per heavy atom. The van der Waals surface area contributed by atoms with E-state index in [2.05, 4.69) is 16.3 Å². The average molecular weight is 196 g/mol. The van der Waals surface area contributed by atoms with E-state index in [1.54, 1.807) is 0 Å². The number of hydrogen-bond donors (Lipinski definition) is 0. The Bertz CT molecular complexity index is 124. The predicted molar refractivity (Wildman–Crippen MR) is 27.3 cm³/mol. The van der Waals surface area contributed by atoms with E-state index in [-0.39, 0.29) is 0 Å². The van der Waals surface area contributed by atoms with Gasteiger partial charge in [0, 0.05) is 0 Å². The maximum Gasteiger partial charge on any atom is 0.411 e. The van der Waals surface area contributed by atoms with Crippen LogP contribution in [0.3, 0.4) is 0 Å².